The summed E-state index contributed by atoms with van der Waals surface area (Å²) >= 11 is 0. The number of nitrogens with one attached hydrogen (secondary N) is 2. The van der Waals surface area contributed by atoms with Crippen molar-refractivity contribution in [1.82, 2.24) is 25.0 Å². The summed E-state index contributed by atoms with van der Waals surface area (Å²) in [5.41, 5.74) is 25.6. The van der Waals surface area contributed by atoms with E-state index >= 15 is 0 Å². The quantitative estimate of drug-likeness (QED) is 0.112. The first-order valence-corrected chi connectivity index (χ1v) is 17.5. The topological polar surface area (TPSA) is 72.8 Å². The third kappa shape index (κ3) is 5.38. The molecule has 9 rings (SSSR count). The molecule has 0 aliphatic rings. The monoisotopic (exact) mass is 662 g/mol. The molecule has 2 unspecified atom stereocenters. The Bertz CT molecular complexity index is 2690. The van der Waals surface area contributed by atoms with Crippen LogP contribution in [0.3, 0.4) is 0 Å². The highest BCUT2D eigenvalue weighted by atomic mass is 15.4. The Balaban J connectivity index is 1.15. The number of nitrogens with zero attached hydrogens (tertiary/aromatic N) is 3. The zero-order valence-corrected chi connectivity index (χ0v) is 28.6. The molecule has 0 saturated heterocycles. The number of aryl methyl sites for hydroxylation is 1. The molecule has 6 nitrogen and oxygen atoms in total. The van der Waals surface area contributed by atoms with Crippen molar-refractivity contribution in [3.05, 3.63) is 175 Å². The summed E-state index contributed by atoms with van der Waals surface area (Å²) in [5, 5.41) is 4.79. The van der Waals surface area contributed by atoms with Crippen LogP contribution >= 0.6 is 0 Å². The van der Waals surface area contributed by atoms with E-state index in [0.29, 0.717) is 0 Å². The minimum Gasteiger partial charge on any atom is -0.311 e. The number of hydrazine groups is 1. The molecule has 3 aromatic heterocycles. The maximum absolute atomic E-state index is 6.44. The van der Waals surface area contributed by atoms with Crippen molar-refractivity contribution in [2.24, 2.45) is 5.73 Å². The smallest absolute Gasteiger partial charge is 0.145 e. The van der Waals surface area contributed by atoms with Gasteiger partial charge in [-0.1, -0.05) is 97.1 Å². The van der Waals surface area contributed by atoms with Crippen LogP contribution in [0.5, 0.6) is 0 Å². The van der Waals surface area contributed by atoms with Gasteiger partial charge in [-0.25, -0.2) is 15.8 Å². The highest BCUT2D eigenvalue weighted by Gasteiger charge is 2.19. The Kier molecular flexibility index (Phi) is 7.70. The highest BCUT2D eigenvalue weighted by molar-refractivity contribution is 6.12. The first kappa shape index (κ1) is 31.0. The van der Waals surface area contributed by atoms with Crippen LogP contribution in [0, 0.1) is 6.92 Å². The lowest BCUT2D eigenvalue weighted by Crippen LogP contribution is -2.41. The number of aromatic nitrogens is 3. The van der Waals surface area contributed by atoms with Crippen LogP contribution < -0.4 is 16.6 Å². The summed E-state index contributed by atoms with van der Waals surface area (Å²) in [5.74, 6) is 0. The first-order valence-electron chi connectivity index (χ1n) is 17.5. The molecule has 9 aromatic rings. The molecule has 3 heterocycles. The van der Waals surface area contributed by atoms with Crippen LogP contribution in [0.1, 0.15) is 35.8 Å². The molecule has 0 radical (unpaired) electrons. The highest BCUT2D eigenvalue weighted by Crippen LogP contribution is 2.38. The van der Waals surface area contributed by atoms with Crippen LogP contribution in [-0.4, -0.2) is 14.1 Å². The second-order valence-corrected chi connectivity index (χ2v) is 13.3. The van der Waals surface area contributed by atoms with Crippen LogP contribution in [0.25, 0.3) is 66.2 Å². The fourth-order valence-electron chi connectivity index (χ4n) is 7.45. The standard InChI is InChI=1S/C45H38N6/c1-29-19-20-32(30(2)48-49-44(46)31-12-5-3-6-13-31)27-42(29)51-43-28-34(21-23-37(43)38-17-11-25-47-45(38)51)33-22-24-41-39(26-33)36-16-9-10-18-40(36)50(41)35-14-7-4-8-15-35/h3-28,30,44,48-49H,46H2,1-2H3. The first-order chi connectivity index (χ1) is 25.0. The van der Waals surface area contributed by atoms with Crippen LogP contribution in [-0.2, 0) is 0 Å². The summed E-state index contributed by atoms with van der Waals surface area (Å²) in [6.45, 7) is 4.31. The maximum atomic E-state index is 6.44. The molecule has 0 fully saturated rings. The predicted octanol–water partition coefficient (Wildman–Crippen LogP) is 10.1. The van der Waals surface area contributed by atoms with Gasteiger partial charge in [0.1, 0.15) is 5.65 Å². The van der Waals surface area contributed by atoms with Crippen molar-refractivity contribution >= 4 is 43.7 Å². The van der Waals surface area contributed by atoms with Crippen molar-refractivity contribution in [3.8, 4) is 22.5 Å². The summed E-state index contributed by atoms with van der Waals surface area (Å²) < 4.78 is 4.68. The Hall–Kier alpha value is -6.05. The molecular weight excluding hydrogens is 625 g/mol. The van der Waals surface area contributed by atoms with Gasteiger partial charge in [0, 0.05) is 39.5 Å². The molecule has 6 heteroatoms. The van der Waals surface area contributed by atoms with Gasteiger partial charge in [0.25, 0.3) is 0 Å². The van der Waals surface area contributed by atoms with Crippen molar-refractivity contribution in [2.75, 3.05) is 0 Å². The van der Waals surface area contributed by atoms with E-state index in [9.17, 15) is 0 Å². The average Bonchev–Trinajstić information content (AvgIpc) is 3.70. The minimum absolute atomic E-state index is 0.000432. The molecule has 51 heavy (non-hydrogen) atoms. The third-order valence-corrected chi connectivity index (χ3v) is 10.1. The number of rotatable bonds is 8. The molecule has 0 spiro atoms. The molecule has 248 valence electrons. The van der Waals surface area contributed by atoms with Gasteiger partial charge in [-0.05, 0) is 96.3 Å². The summed E-state index contributed by atoms with van der Waals surface area (Å²) in [6.07, 6.45) is 1.56. The molecule has 0 aliphatic carbocycles. The number of hydrogen-bond acceptors (Lipinski definition) is 4. The van der Waals surface area contributed by atoms with E-state index in [1.54, 1.807) is 0 Å². The summed E-state index contributed by atoms with van der Waals surface area (Å²) in [4.78, 5) is 4.93. The van der Waals surface area contributed by atoms with Crippen molar-refractivity contribution in [1.29, 1.82) is 0 Å². The van der Waals surface area contributed by atoms with E-state index < -0.39 is 0 Å². The normalized spacial score (nSPS) is 13.0. The Morgan fingerprint density at radius 1 is 0.549 bits per heavy atom. The number of pyridine rings is 1. The zero-order valence-electron chi connectivity index (χ0n) is 28.6. The molecule has 0 saturated carbocycles. The summed E-state index contributed by atoms with van der Waals surface area (Å²) in [7, 11) is 0. The third-order valence-electron chi connectivity index (χ3n) is 10.1. The molecule has 6 aromatic carbocycles. The second kappa shape index (κ2) is 12.7. The van der Waals surface area contributed by atoms with E-state index in [-0.39, 0.29) is 12.2 Å². The van der Waals surface area contributed by atoms with Gasteiger partial charge in [-0.15, -0.1) is 0 Å². The predicted molar refractivity (Wildman–Crippen MR) is 211 cm³/mol. The van der Waals surface area contributed by atoms with E-state index in [4.69, 9.17) is 10.7 Å². The zero-order chi connectivity index (χ0) is 34.5. The second-order valence-electron chi connectivity index (χ2n) is 13.3. The fraction of sp³-hybridized carbons (Fsp3) is 0.0889. The Labute approximate surface area is 296 Å². The number of nitrogens with two attached hydrogens (primary N) is 1. The van der Waals surface area contributed by atoms with Crippen molar-refractivity contribution in [2.45, 2.75) is 26.1 Å². The number of hydrogen-bond donors (Lipinski definition) is 3. The van der Waals surface area contributed by atoms with Crippen LogP contribution in [0.4, 0.5) is 0 Å². The van der Waals surface area contributed by atoms with Gasteiger partial charge in [-0.3, -0.25) is 4.57 Å². The number of benzene rings is 6. The van der Waals surface area contributed by atoms with E-state index in [2.05, 4.69) is 149 Å². The van der Waals surface area contributed by atoms with E-state index in [1.165, 1.54) is 38.3 Å². The number of para-hydroxylation sites is 2. The summed E-state index contributed by atoms with van der Waals surface area (Å²) in [6, 6.07) is 53.8. The van der Waals surface area contributed by atoms with Crippen LogP contribution in [0.15, 0.2) is 158 Å². The minimum atomic E-state index is -0.326. The van der Waals surface area contributed by atoms with Gasteiger partial charge < -0.3 is 10.3 Å². The van der Waals surface area contributed by atoms with Gasteiger partial charge in [0.2, 0.25) is 0 Å². The Morgan fingerprint density at radius 2 is 1.24 bits per heavy atom. The fourth-order valence-corrected chi connectivity index (χ4v) is 7.45. The van der Waals surface area contributed by atoms with Gasteiger partial charge in [-0.2, -0.15) is 0 Å². The molecular formula is C45H38N6. The molecule has 0 amide bonds. The largest absolute Gasteiger partial charge is 0.311 e. The molecule has 2 atom stereocenters. The Morgan fingerprint density at radius 3 is 2.08 bits per heavy atom. The number of fused-ring (bicyclic) bond motifs is 6. The van der Waals surface area contributed by atoms with E-state index in [0.717, 1.165) is 44.6 Å². The van der Waals surface area contributed by atoms with Crippen molar-refractivity contribution in [3.63, 3.8) is 0 Å². The molecule has 0 aliphatic heterocycles. The maximum Gasteiger partial charge on any atom is 0.145 e. The van der Waals surface area contributed by atoms with Crippen molar-refractivity contribution < 1.29 is 0 Å². The van der Waals surface area contributed by atoms with Gasteiger partial charge in [0.15, 0.2) is 0 Å². The van der Waals surface area contributed by atoms with E-state index in [1.807, 2.05) is 42.6 Å². The lowest BCUT2D eigenvalue weighted by Gasteiger charge is -2.21. The van der Waals surface area contributed by atoms with Gasteiger partial charge in [0.05, 0.1) is 28.4 Å². The lowest BCUT2D eigenvalue weighted by atomic mass is 10.0. The SMILES string of the molecule is Cc1ccc(C(C)NNC(N)c2ccccc2)cc1-n1c2cc(-c3ccc4c(c3)c3ccccc3n4-c3ccccc3)ccc2c2cccnc21. The molecule has 4 N–H and O–H groups in total. The molecule has 0 bridgehead atoms. The average molecular weight is 663 g/mol. The van der Waals surface area contributed by atoms with Crippen LogP contribution in [0.2, 0.25) is 0 Å². The lowest BCUT2D eigenvalue weighted by molar-refractivity contribution is 0.400. The van der Waals surface area contributed by atoms with Gasteiger partial charge >= 0.3 is 0 Å².